The first-order chi connectivity index (χ1) is 6.07. The maximum Gasteiger partial charge on any atom is 0.234 e. The van der Waals surface area contributed by atoms with Crippen LogP contribution in [0.15, 0.2) is 0 Å². The molecule has 0 N–H and O–H groups in total. The van der Waals surface area contributed by atoms with Crippen molar-refractivity contribution in [2.24, 2.45) is 11.8 Å². The van der Waals surface area contributed by atoms with Gasteiger partial charge in [-0.1, -0.05) is 20.8 Å². The minimum atomic E-state index is -0.00981. The Labute approximate surface area is 79.1 Å². The van der Waals surface area contributed by atoms with Gasteiger partial charge in [-0.05, 0) is 12.3 Å². The summed E-state index contributed by atoms with van der Waals surface area (Å²) >= 11 is 0. The van der Waals surface area contributed by atoms with Crippen LogP contribution >= 0.6 is 0 Å². The topological polar surface area (TPSA) is 37.4 Å². The molecule has 0 radical (unpaired) electrons. The van der Waals surface area contributed by atoms with Crippen LogP contribution < -0.4 is 0 Å². The fourth-order valence-electron chi connectivity index (χ4n) is 1.52. The molecule has 13 heavy (non-hydrogen) atoms. The van der Waals surface area contributed by atoms with Crippen LogP contribution in [0.1, 0.15) is 33.6 Å². The SMILES string of the molecule is CCCC(=O)N1C[C@H](C(C)C)C1=O. The smallest absolute Gasteiger partial charge is 0.234 e. The standard InChI is InChI=1S/C10H17NO2/c1-4-5-9(12)11-6-8(7(2)3)10(11)13/h7-8H,4-6H2,1-3H3/t8-/m1/s1. The molecule has 1 aliphatic rings. The highest BCUT2D eigenvalue weighted by Gasteiger charge is 2.41. The third-order valence-electron chi connectivity index (χ3n) is 2.53. The molecule has 1 atom stereocenters. The first kappa shape index (κ1) is 10.2. The van der Waals surface area contributed by atoms with Crippen LogP contribution in [0.5, 0.6) is 0 Å². The van der Waals surface area contributed by atoms with Crippen LogP contribution in [-0.2, 0) is 9.59 Å². The van der Waals surface area contributed by atoms with E-state index in [1.54, 1.807) is 0 Å². The van der Waals surface area contributed by atoms with E-state index in [0.717, 1.165) is 6.42 Å². The molecule has 1 aliphatic heterocycles. The van der Waals surface area contributed by atoms with E-state index in [0.29, 0.717) is 18.9 Å². The third-order valence-corrected chi connectivity index (χ3v) is 2.53. The van der Waals surface area contributed by atoms with Crippen LogP contribution in [0.25, 0.3) is 0 Å². The van der Waals surface area contributed by atoms with Crippen molar-refractivity contribution in [3.63, 3.8) is 0 Å². The molecule has 74 valence electrons. The summed E-state index contributed by atoms with van der Waals surface area (Å²) in [5.74, 6) is 0.455. The summed E-state index contributed by atoms with van der Waals surface area (Å²) in [5, 5.41) is 0. The zero-order valence-electron chi connectivity index (χ0n) is 8.54. The second-order valence-electron chi connectivity index (χ2n) is 3.94. The van der Waals surface area contributed by atoms with Crippen molar-refractivity contribution in [1.82, 2.24) is 4.90 Å². The summed E-state index contributed by atoms with van der Waals surface area (Å²) in [6.07, 6.45) is 1.31. The number of carbonyl (C=O) groups is 2. The van der Waals surface area contributed by atoms with Crippen LogP contribution in [-0.4, -0.2) is 23.3 Å². The molecule has 1 saturated heterocycles. The van der Waals surface area contributed by atoms with E-state index < -0.39 is 0 Å². The molecule has 0 saturated carbocycles. The molecule has 2 amide bonds. The largest absolute Gasteiger partial charge is 0.282 e. The third kappa shape index (κ3) is 1.90. The summed E-state index contributed by atoms with van der Waals surface area (Å²) in [4.78, 5) is 24.1. The van der Waals surface area contributed by atoms with Crippen LogP contribution in [0.4, 0.5) is 0 Å². The van der Waals surface area contributed by atoms with E-state index in [1.807, 2.05) is 20.8 Å². The molecule has 3 nitrogen and oxygen atoms in total. The number of hydrogen-bond donors (Lipinski definition) is 0. The normalized spacial score (nSPS) is 22.0. The molecule has 0 aromatic carbocycles. The monoisotopic (exact) mass is 183 g/mol. The highest BCUT2D eigenvalue weighted by atomic mass is 16.2. The average molecular weight is 183 g/mol. The minimum absolute atomic E-state index is 0.00981. The highest BCUT2D eigenvalue weighted by molar-refractivity contribution is 6.00. The van der Waals surface area contributed by atoms with Gasteiger partial charge in [-0.15, -0.1) is 0 Å². The van der Waals surface area contributed by atoms with Gasteiger partial charge in [0, 0.05) is 13.0 Å². The van der Waals surface area contributed by atoms with Crippen LogP contribution in [0.2, 0.25) is 0 Å². The Hall–Kier alpha value is -0.860. The molecular weight excluding hydrogens is 166 g/mol. The van der Waals surface area contributed by atoms with E-state index in [2.05, 4.69) is 0 Å². The van der Waals surface area contributed by atoms with E-state index >= 15 is 0 Å². The molecule has 0 aromatic rings. The van der Waals surface area contributed by atoms with Crippen molar-refractivity contribution in [1.29, 1.82) is 0 Å². The minimum Gasteiger partial charge on any atom is -0.282 e. The highest BCUT2D eigenvalue weighted by Crippen LogP contribution is 2.25. The summed E-state index contributed by atoms with van der Waals surface area (Å²) < 4.78 is 0. The second kappa shape index (κ2) is 3.90. The lowest BCUT2D eigenvalue weighted by atomic mass is 9.87. The summed E-state index contributed by atoms with van der Waals surface area (Å²) in [6.45, 7) is 6.62. The predicted octanol–water partition coefficient (Wildman–Crippen LogP) is 1.43. The van der Waals surface area contributed by atoms with Gasteiger partial charge in [0.15, 0.2) is 0 Å². The zero-order valence-corrected chi connectivity index (χ0v) is 8.54. The van der Waals surface area contributed by atoms with Gasteiger partial charge < -0.3 is 0 Å². The zero-order chi connectivity index (χ0) is 10.0. The summed E-state index contributed by atoms with van der Waals surface area (Å²) in [7, 11) is 0. The van der Waals surface area contributed by atoms with Crippen molar-refractivity contribution in [3.8, 4) is 0 Å². The first-order valence-electron chi connectivity index (χ1n) is 4.92. The number of likely N-dealkylation sites (tertiary alicyclic amines) is 1. The number of hydrogen-bond acceptors (Lipinski definition) is 2. The number of nitrogens with zero attached hydrogens (tertiary/aromatic N) is 1. The van der Waals surface area contributed by atoms with Gasteiger partial charge in [0.2, 0.25) is 11.8 Å². The van der Waals surface area contributed by atoms with E-state index in [4.69, 9.17) is 0 Å². The van der Waals surface area contributed by atoms with Crippen LogP contribution in [0, 0.1) is 11.8 Å². The van der Waals surface area contributed by atoms with E-state index in [-0.39, 0.29) is 17.7 Å². The Morgan fingerprint density at radius 2 is 2.23 bits per heavy atom. The number of rotatable bonds is 3. The Morgan fingerprint density at radius 3 is 2.62 bits per heavy atom. The van der Waals surface area contributed by atoms with Gasteiger partial charge in [-0.2, -0.15) is 0 Å². The number of β-lactam (4-membered cyclic amide) rings is 1. The average Bonchev–Trinajstić information content (AvgIpc) is 2.01. The second-order valence-corrected chi connectivity index (χ2v) is 3.94. The molecule has 3 heteroatoms. The molecule has 1 rings (SSSR count). The fraction of sp³-hybridized carbons (Fsp3) is 0.800. The van der Waals surface area contributed by atoms with E-state index in [1.165, 1.54) is 4.90 Å². The first-order valence-corrected chi connectivity index (χ1v) is 4.92. The Morgan fingerprint density at radius 1 is 1.62 bits per heavy atom. The quantitative estimate of drug-likeness (QED) is 0.621. The molecular formula is C10H17NO2. The van der Waals surface area contributed by atoms with Crippen molar-refractivity contribution in [2.75, 3.05) is 6.54 Å². The van der Waals surface area contributed by atoms with Crippen molar-refractivity contribution in [3.05, 3.63) is 0 Å². The van der Waals surface area contributed by atoms with Gasteiger partial charge in [-0.3, -0.25) is 14.5 Å². The van der Waals surface area contributed by atoms with E-state index in [9.17, 15) is 9.59 Å². The maximum atomic E-state index is 11.4. The molecule has 0 aliphatic carbocycles. The van der Waals surface area contributed by atoms with Gasteiger partial charge in [0.05, 0.1) is 5.92 Å². The molecule has 1 fully saturated rings. The van der Waals surface area contributed by atoms with Gasteiger partial charge in [0.1, 0.15) is 0 Å². The molecule has 0 bridgehead atoms. The summed E-state index contributed by atoms with van der Waals surface area (Å²) in [6, 6.07) is 0. The van der Waals surface area contributed by atoms with Gasteiger partial charge >= 0.3 is 0 Å². The lowest BCUT2D eigenvalue weighted by Crippen LogP contribution is -2.56. The lowest BCUT2D eigenvalue weighted by Gasteiger charge is -2.39. The molecule has 0 spiro atoms. The lowest BCUT2D eigenvalue weighted by molar-refractivity contribution is -0.160. The molecule has 0 unspecified atom stereocenters. The van der Waals surface area contributed by atoms with Gasteiger partial charge in [-0.25, -0.2) is 0 Å². The molecule has 1 heterocycles. The van der Waals surface area contributed by atoms with Crippen LogP contribution in [0.3, 0.4) is 0 Å². The van der Waals surface area contributed by atoms with Gasteiger partial charge in [0.25, 0.3) is 0 Å². The number of carbonyl (C=O) groups excluding carboxylic acids is 2. The Bertz CT molecular complexity index is 223. The maximum absolute atomic E-state index is 11.4. The number of amides is 2. The summed E-state index contributed by atoms with van der Waals surface area (Å²) in [5.41, 5.74) is 0. The van der Waals surface area contributed by atoms with Crippen molar-refractivity contribution in [2.45, 2.75) is 33.6 Å². The number of imide groups is 1. The van der Waals surface area contributed by atoms with Crippen molar-refractivity contribution < 1.29 is 9.59 Å². The predicted molar refractivity (Wildman–Crippen MR) is 50.0 cm³/mol. The Kier molecular flexibility index (Phi) is 3.07. The molecule has 0 aromatic heterocycles. The fourth-order valence-corrected chi connectivity index (χ4v) is 1.52. The Balaban J connectivity index is 2.43. The van der Waals surface area contributed by atoms with Crippen molar-refractivity contribution >= 4 is 11.8 Å².